The van der Waals surface area contributed by atoms with E-state index in [0.717, 1.165) is 25.1 Å². The molecule has 1 aromatic rings. The van der Waals surface area contributed by atoms with Crippen LogP contribution in [0, 0.1) is 0 Å². The fraction of sp³-hybridized carbons (Fsp3) is 0.533. The summed E-state index contributed by atoms with van der Waals surface area (Å²) >= 11 is 0. The van der Waals surface area contributed by atoms with Gasteiger partial charge in [-0.3, -0.25) is 14.6 Å². The number of carbonyl (C=O) groups excluding carboxylic acids is 2. The first-order chi connectivity index (χ1) is 10.1. The Labute approximate surface area is 124 Å². The summed E-state index contributed by atoms with van der Waals surface area (Å²) in [4.78, 5) is 29.2. The molecule has 1 atom stereocenters. The minimum atomic E-state index is -0.170. The highest BCUT2D eigenvalue weighted by atomic mass is 16.5. The minimum Gasteiger partial charge on any atom is -0.376 e. The highest BCUT2D eigenvalue weighted by Crippen LogP contribution is 2.10. The zero-order chi connectivity index (χ0) is 15.1. The first-order valence-electron chi connectivity index (χ1n) is 7.19. The number of hydrogen-bond donors (Lipinski definition) is 1. The predicted molar refractivity (Wildman–Crippen MR) is 77.3 cm³/mol. The molecule has 1 aliphatic heterocycles. The van der Waals surface area contributed by atoms with Gasteiger partial charge in [-0.25, -0.2) is 0 Å². The zero-order valence-electron chi connectivity index (χ0n) is 12.2. The molecule has 0 aromatic carbocycles. The summed E-state index contributed by atoms with van der Waals surface area (Å²) < 4.78 is 5.45. The quantitative estimate of drug-likeness (QED) is 0.838. The van der Waals surface area contributed by atoms with Crippen LogP contribution in [0.25, 0.3) is 0 Å². The van der Waals surface area contributed by atoms with Crippen molar-refractivity contribution in [2.75, 3.05) is 19.7 Å². The van der Waals surface area contributed by atoms with Gasteiger partial charge >= 0.3 is 0 Å². The van der Waals surface area contributed by atoms with E-state index in [-0.39, 0.29) is 24.5 Å². The largest absolute Gasteiger partial charge is 0.376 e. The average molecular weight is 291 g/mol. The lowest BCUT2D eigenvalue weighted by molar-refractivity contribution is -0.135. The Balaban J connectivity index is 1.81. The number of rotatable bonds is 6. The van der Waals surface area contributed by atoms with Crippen molar-refractivity contribution >= 4 is 11.8 Å². The molecule has 1 fully saturated rings. The molecule has 1 unspecified atom stereocenters. The second-order valence-corrected chi connectivity index (χ2v) is 5.14. The fourth-order valence-electron chi connectivity index (χ4n) is 2.23. The molecule has 21 heavy (non-hydrogen) atoms. The first kappa shape index (κ1) is 15.4. The van der Waals surface area contributed by atoms with Crippen LogP contribution in [0.1, 0.15) is 25.5 Å². The third-order valence-electron chi connectivity index (χ3n) is 3.41. The molecule has 1 saturated heterocycles. The second kappa shape index (κ2) is 7.73. The van der Waals surface area contributed by atoms with Crippen molar-refractivity contribution in [3.05, 3.63) is 30.1 Å². The number of carbonyl (C=O) groups is 2. The Morgan fingerprint density at radius 1 is 1.48 bits per heavy atom. The van der Waals surface area contributed by atoms with E-state index in [0.29, 0.717) is 13.1 Å². The maximum atomic E-state index is 11.9. The molecular formula is C15H21N3O3. The molecule has 6 nitrogen and oxygen atoms in total. The molecule has 0 bridgehead atoms. The number of pyridine rings is 1. The van der Waals surface area contributed by atoms with Crippen molar-refractivity contribution in [2.45, 2.75) is 32.4 Å². The van der Waals surface area contributed by atoms with Crippen LogP contribution >= 0.6 is 0 Å². The average Bonchev–Trinajstić information content (AvgIpc) is 2.99. The van der Waals surface area contributed by atoms with Crippen LogP contribution in [-0.4, -0.2) is 47.5 Å². The molecule has 1 aromatic heterocycles. The van der Waals surface area contributed by atoms with Gasteiger partial charge in [0.2, 0.25) is 11.8 Å². The number of ether oxygens (including phenoxy) is 1. The van der Waals surface area contributed by atoms with E-state index < -0.39 is 0 Å². The van der Waals surface area contributed by atoms with Crippen molar-refractivity contribution in [1.29, 1.82) is 0 Å². The Kier molecular flexibility index (Phi) is 5.68. The van der Waals surface area contributed by atoms with E-state index >= 15 is 0 Å². The Morgan fingerprint density at radius 3 is 2.95 bits per heavy atom. The molecule has 2 rings (SSSR count). The number of amides is 2. The van der Waals surface area contributed by atoms with Crippen LogP contribution in [0.3, 0.4) is 0 Å². The van der Waals surface area contributed by atoms with Gasteiger partial charge in [0.15, 0.2) is 0 Å². The third-order valence-corrected chi connectivity index (χ3v) is 3.41. The number of nitrogens with zero attached hydrogens (tertiary/aromatic N) is 2. The minimum absolute atomic E-state index is 0.0403. The summed E-state index contributed by atoms with van der Waals surface area (Å²) in [5.74, 6) is -0.315. The van der Waals surface area contributed by atoms with Gasteiger partial charge in [-0.2, -0.15) is 0 Å². The fourth-order valence-corrected chi connectivity index (χ4v) is 2.23. The van der Waals surface area contributed by atoms with E-state index in [1.165, 1.54) is 11.8 Å². The van der Waals surface area contributed by atoms with E-state index in [4.69, 9.17) is 4.74 Å². The summed E-state index contributed by atoms with van der Waals surface area (Å²) in [5, 5.41) is 2.82. The van der Waals surface area contributed by atoms with Crippen molar-refractivity contribution in [3.8, 4) is 0 Å². The van der Waals surface area contributed by atoms with Crippen LogP contribution in [-0.2, 0) is 20.9 Å². The van der Waals surface area contributed by atoms with Gasteiger partial charge in [0.1, 0.15) is 0 Å². The van der Waals surface area contributed by atoms with Crippen molar-refractivity contribution in [3.63, 3.8) is 0 Å². The third kappa shape index (κ3) is 5.15. The van der Waals surface area contributed by atoms with Gasteiger partial charge in [0, 0.05) is 26.3 Å². The summed E-state index contributed by atoms with van der Waals surface area (Å²) in [6.07, 6.45) is 3.80. The van der Waals surface area contributed by atoms with E-state index in [1.54, 1.807) is 6.20 Å². The highest BCUT2D eigenvalue weighted by Gasteiger charge is 2.18. The molecule has 114 valence electrons. The van der Waals surface area contributed by atoms with Gasteiger partial charge < -0.3 is 15.0 Å². The standard InChI is InChI=1S/C15H21N3O3/c1-12(19)18(10-13-5-2-3-7-16-13)11-15(20)17-9-14-6-4-8-21-14/h2-3,5,7,14H,4,6,8-11H2,1H3,(H,17,20). The highest BCUT2D eigenvalue weighted by molar-refractivity contribution is 5.83. The lowest BCUT2D eigenvalue weighted by atomic mass is 10.2. The second-order valence-electron chi connectivity index (χ2n) is 5.14. The molecule has 2 heterocycles. The predicted octanol–water partition coefficient (Wildman–Crippen LogP) is 0.725. The number of nitrogens with one attached hydrogen (secondary N) is 1. The summed E-state index contributed by atoms with van der Waals surface area (Å²) in [6, 6.07) is 5.51. The van der Waals surface area contributed by atoms with Gasteiger partial charge in [-0.15, -0.1) is 0 Å². The first-order valence-corrected chi connectivity index (χ1v) is 7.19. The summed E-state index contributed by atoms with van der Waals surface area (Å²) in [5.41, 5.74) is 0.764. The van der Waals surface area contributed by atoms with Crippen molar-refractivity contribution in [2.24, 2.45) is 0 Å². The molecule has 1 aliphatic rings. The Morgan fingerprint density at radius 2 is 2.33 bits per heavy atom. The maximum absolute atomic E-state index is 11.9. The van der Waals surface area contributed by atoms with E-state index in [9.17, 15) is 9.59 Å². The van der Waals surface area contributed by atoms with Crippen LogP contribution in [0.4, 0.5) is 0 Å². The lowest BCUT2D eigenvalue weighted by Gasteiger charge is -2.20. The molecule has 0 radical (unpaired) electrons. The molecule has 6 heteroatoms. The van der Waals surface area contributed by atoms with Gasteiger partial charge in [0.05, 0.1) is 24.9 Å². The SMILES string of the molecule is CC(=O)N(CC(=O)NCC1CCCO1)Cc1ccccn1. The normalized spacial score (nSPS) is 17.5. The molecule has 1 N–H and O–H groups in total. The number of hydrogen-bond acceptors (Lipinski definition) is 4. The topological polar surface area (TPSA) is 71.5 Å². The van der Waals surface area contributed by atoms with Crippen molar-refractivity contribution < 1.29 is 14.3 Å². The lowest BCUT2D eigenvalue weighted by Crippen LogP contribution is -2.41. The van der Waals surface area contributed by atoms with Crippen LogP contribution in [0.2, 0.25) is 0 Å². The molecule has 0 saturated carbocycles. The zero-order valence-corrected chi connectivity index (χ0v) is 12.2. The van der Waals surface area contributed by atoms with Gasteiger partial charge in [-0.05, 0) is 25.0 Å². The summed E-state index contributed by atoms with van der Waals surface area (Å²) in [7, 11) is 0. The van der Waals surface area contributed by atoms with Crippen molar-refractivity contribution in [1.82, 2.24) is 15.2 Å². The van der Waals surface area contributed by atoms with Gasteiger partial charge in [-0.1, -0.05) is 6.07 Å². The van der Waals surface area contributed by atoms with Crippen LogP contribution < -0.4 is 5.32 Å². The maximum Gasteiger partial charge on any atom is 0.239 e. The Bertz CT molecular complexity index is 472. The van der Waals surface area contributed by atoms with Crippen LogP contribution in [0.15, 0.2) is 24.4 Å². The Hall–Kier alpha value is -1.95. The summed E-state index contributed by atoms with van der Waals surface area (Å²) in [6.45, 7) is 3.10. The molecule has 0 spiro atoms. The van der Waals surface area contributed by atoms with Gasteiger partial charge in [0.25, 0.3) is 0 Å². The van der Waals surface area contributed by atoms with E-state index in [1.807, 2.05) is 18.2 Å². The molecule has 2 amide bonds. The van der Waals surface area contributed by atoms with Crippen LogP contribution in [0.5, 0.6) is 0 Å². The smallest absolute Gasteiger partial charge is 0.239 e. The number of aromatic nitrogens is 1. The molecular weight excluding hydrogens is 270 g/mol. The molecule has 0 aliphatic carbocycles. The van der Waals surface area contributed by atoms with E-state index in [2.05, 4.69) is 10.3 Å². The monoisotopic (exact) mass is 291 g/mol.